The lowest BCUT2D eigenvalue weighted by atomic mass is 9.92. The first-order valence-electron chi connectivity index (χ1n) is 3.98. The summed E-state index contributed by atoms with van der Waals surface area (Å²) in [5.74, 6) is 1.46. The van der Waals surface area contributed by atoms with Gasteiger partial charge >= 0.3 is 0 Å². The normalized spacial score (nSPS) is 12.8. The van der Waals surface area contributed by atoms with Crippen LogP contribution in [0.25, 0.3) is 0 Å². The van der Waals surface area contributed by atoms with E-state index in [9.17, 15) is 0 Å². The highest BCUT2D eigenvalue weighted by atomic mass is 35.5. The van der Waals surface area contributed by atoms with Crippen LogP contribution in [0.4, 0.5) is 0 Å². The van der Waals surface area contributed by atoms with Crippen LogP contribution >= 0.6 is 11.6 Å². The lowest BCUT2D eigenvalue weighted by molar-refractivity contribution is 0.301. The monoisotopic (exact) mass is 188 g/mol. The van der Waals surface area contributed by atoms with Crippen molar-refractivity contribution >= 4 is 11.6 Å². The third kappa shape index (κ3) is 4.45. The molecule has 0 saturated carbocycles. The minimum atomic E-state index is 0.133. The van der Waals surface area contributed by atoms with Gasteiger partial charge in [0.1, 0.15) is 5.76 Å². The van der Waals surface area contributed by atoms with E-state index in [0.717, 1.165) is 12.2 Å². The molecular weight excluding hydrogens is 172 g/mol. The van der Waals surface area contributed by atoms with Gasteiger partial charge in [0.15, 0.2) is 0 Å². The number of halogens is 1. The second-order valence-electron chi connectivity index (χ2n) is 3.52. The predicted octanol–water partition coefficient (Wildman–Crippen LogP) is 3.36. The molecule has 0 saturated heterocycles. The maximum absolute atomic E-state index is 5.77. The van der Waals surface area contributed by atoms with Crippen LogP contribution in [-0.4, -0.2) is 13.0 Å². The van der Waals surface area contributed by atoms with Crippen LogP contribution in [0.3, 0.4) is 0 Å². The smallest absolute Gasteiger partial charge is 0.114 e. The second kappa shape index (κ2) is 5.26. The molecule has 0 N–H and O–H groups in total. The van der Waals surface area contributed by atoms with E-state index in [0.29, 0.717) is 5.88 Å². The van der Waals surface area contributed by atoms with Crippen LogP contribution in [0.1, 0.15) is 20.3 Å². The fourth-order valence-electron chi connectivity index (χ4n) is 0.681. The van der Waals surface area contributed by atoms with E-state index < -0.39 is 0 Å². The first-order valence-corrected chi connectivity index (χ1v) is 4.52. The van der Waals surface area contributed by atoms with E-state index in [1.165, 1.54) is 0 Å². The molecule has 0 radical (unpaired) electrons. The van der Waals surface area contributed by atoms with Gasteiger partial charge in [-0.2, -0.15) is 0 Å². The Morgan fingerprint density at radius 3 is 2.50 bits per heavy atom. The zero-order valence-corrected chi connectivity index (χ0v) is 8.82. The van der Waals surface area contributed by atoms with Crippen molar-refractivity contribution in [2.45, 2.75) is 20.3 Å². The fourth-order valence-corrected chi connectivity index (χ4v) is 0.791. The summed E-state index contributed by atoms with van der Waals surface area (Å²) in [6.45, 7) is 7.87. The topological polar surface area (TPSA) is 9.23 Å². The first-order chi connectivity index (χ1) is 5.55. The lowest BCUT2D eigenvalue weighted by Crippen LogP contribution is -2.11. The van der Waals surface area contributed by atoms with Crippen LogP contribution in [0.15, 0.2) is 24.5 Å². The van der Waals surface area contributed by atoms with Crippen molar-refractivity contribution in [1.29, 1.82) is 0 Å². The number of rotatable bonds is 5. The Hall–Kier alpha value is -0.430. The van der Waals surface area contributed by atoms with Gasteiger partial charge in [0.05, 0.1) is 7.11 Å². The summed E-state index contributed by atoms with van der Waals surface area (Å²) in [4.78, 5) is 0. The molecule has 0 aliphatic rings. The average Bonchev–Trinajstić information content (AvgIpc) is 2.06. The second-order valence-corrected chi connectivity index (χ2v) is 3.78. The summed E-state index contributed by atoms with van der Waals surface area (Å²) in [6, 6.07) is 0. The Labute approximate surface area is 80.1 Å². The van der Waals surface area contributed by atoms with Gasteiger partial charge in [-0.3, -0.25) is 0 Å². The van der Waals surface area contributed by atoms with Crippen LogP contribution < -0.4 is 0 Å². The Balaban J connectivity index is 4.09. The molecule has 70 valence electrons. The summed E-state index contributed by atoms with van der Waals surface area (Å²) < 4.78 is 5.04. The zero-order valence-electron chi connectivity index (χ0n) is 8.06. The van der Waals surface area contributed by atoms with Crippen molar-refractivity contribution in [1.82, 2.24) is 0 Å². The fraction of sp³-hybridized carbons (Fsp3) is 0.600. The minimum absolute atomic E-state index is 0.133. The molecular formula is C10H17ClO. The number of hydrogen-bond donors (Lipinski definition) is 0. The van der Waals surface area contributed by atoms with Crippen LogP contribution in [0.5, 0.6) is 0 Å². The Morgan fingerprint density at radius 2 is 2.17 bits per heavy atom. The van der Waals surface area contributed by atoms with Gasteiger partial charge in [0.25, 0.3) is 0 Å². The maximum Gasteiger partial charge on any atom is 0.114 e. The molecule has 1 nitrogen and oxygen atoms in total. The number of methoxy groups -OCH3 is 1. The molecule has 0 rings (SSSR count). The van der Waals surface area contributed by atoms with E-state index in [2.05, 4.69) is 20.4 Å². The van der Waals surface area contributed by atoms with Crippen molar-refractivity contribution in [3.05, 3.63) is 24.5 Å². The van der Waals surface area contributed by atoms with E-state index in [1.807, 2.05) is 6.08 Å². The molecule has 0 aromatic carbocycles. The summed E-state index contributed by atoms with van der Waals surface area (Å²) in [5.41, 5.74) is 0.133. The number of ether oxygens (including phenoxy) is 1. The third-order valence-electron chi connectivity index (χ3n) is 1.65. The molecule has 0 aliphatic heterocycles. The molecule has 0 unspecified atom stereocenters. The molecule has 0 atom stereocenters. The Bertz CT molecular complexity index is 171. The SMILES string of the molecule is C=C/C(=C\CC(C)(C)CCl)OC. The van der Waals surface area contributed by atoms with E-state index in [4.69, 9.17) is 16.3 Å². The van der Waals surface area contributed by atoms with Gasteiger partial charge in [-0.25, -0.2) is 0 Å². The Morgan fingerprint density at radius 1 is 1.58 bits per heavy atom. The Kier molecular flexibility index (Phi) is 5.07. The molecule has 2 heteroatoms. The van der Waals surface area contributed by atoms with Gasteiger partial charge < -0.3 is 4.74 Å². The first kappa shape index (κ1) is 11.6. The van der Waals surface area contributed by atoms with Gasteiger partial charge in [-0.1, -0.05) is 20.4 Å². The highest BCUT2D eigenvalue weighted by Gasteiger charge is 2.14. The van der Waals surface area contributed by atoms with Crippen LogP contribution in [-0.2, 0) is 4.74 Å². The molecule has 0 aliphatic carbocycles. The molecule has 0 heterocycles. The number of hydrogen-bond acceptors (Lipinski definition) is 1. The van der Waals surface area contributed by atoms with Crippen molar-refractivity contribution in [3.63, 3.8) is 0 Å². The van der Waals surface area contributed by atoms with Crippen LogP contribution in [0.2, 0.25) is 0 Å². The number of allylic oxidation sites excluding steroid dienone is 2. The van der Waals surface area contributed by atoms with Gasteiger partial charge in [0, 0.05) is 5.88 Å². The molecule has 12 heavy (non-hydrogen) atoms. The lowest BCUT2D eigenvalue weighted by Gasteiger charge is -2.18. The molecule has 0 spiro atoms. The average molecular weight is 189 g/mol. The van der Waals surface area contributed by atoms with Crippen molar-refractivity contribution in [2.75, 3.05) is 13.0 Å². The molecule has 0 aromatic rings. The molecule has 0 amide bonds. The third-order valence-corrected chi connectivity index (χ3v) is 2.38. The minimum Gasteiger partial charge on any atom is -0.497 e. The van der Waals surface area contributed by atoms with Gasteiger partial charge in [0.2, 0.25) is 0 Å². The summed E-state index contributed by atoms with van der Waals surface area (Å²) in [6.07, 6.45) is 4.62. The van der Waals surface area contributed by atoms with Crippen molar-refractivity contribution in [3.8, 4) is 0 Å². The zero-order chi connectivity index (χ0) is 9.61. The maximum atomic E-state index is 5.77. The predicted molar refractivity (Wildman–Crippen MR) is 54.4 cm³/mol. The van der Waals surface area contributed by atoms with E-state index in [-0.39, 0.29) is 5.41 Å². The highest BCUT2D eigenvalue weighted by Crippen LogP contribution is 2.23. The number of alkyl halides is 1. The highest BCUT2D eigenvalue weighted by molar-refractivity contribution is 6.18. The largest absolute Gasteiger partial charge is 0.497 e. The van der Waals surface area contributed by atoms with Gasteiger partial charge in [-0.15, -0.1) is 11.6 Å². The van der Waals surface area contributed by atoms with Crippen molar-refractivity contribution in [2.24, 2.45) is 5.41 Å². The standard InChI is InChI=1S/C10H17ClO/c1-5-9(12-4)6-7-10(2,3)8-11/h5-6H,1,7-8H2,2-4H3/b9-6+. The molecule has 0 bridgehead atoms. The summed E-state index contributed by atoms with van der Waals surface area (Å²) in [7, 11) is 1.64. The van der Waals surface area contributed by atoms with Gasteiger partial charge in [-0.05, 0) is 24.0 Å². The molecule has 0 fully saturated rings. The summed E-state index contributed by atoms with van der Waals surface area (Å²) >= 11 is 5.77. The van der Waals surface area contributed by atoms with Crippen molar-refractivity contribution < 1.29 is 4.74 Å². The summed E-state index contributed by atoms with van der Waals surface area (Å²) in [5, 5.41) is 0. The van der Waals surface area contributed by atoms with E-state index in [1.54, 1.807) is 13.2 Å². The van der Waals surface area contributed by atoms with E-state index >= 15 is 0 Å². The molecule has 0 aromatic heterocycles. The van der Waals surface area contributed by atoms with Crippen LogP contribution in [0, 0.1) is 5.41 Å². The quantitative estimate of drug-likeness (QED) is 0.365.